The van der Waals surface area contributed by atoms with Gasteiger partial charge in [-0.1, -0.05) is 6.92 Å². The Balaban J connectivity index is 1.57. The van der Waals surface area contributed by atoms with Crippen molar-refractivity contribution in [3.8, 4) is 0 Å². The van der Waals surface area contributed by atoms with Gasteiger partial charge in [-0.25, -0.2) is 9.97 Å². The zero-order valence-electron chi connectivity index (χ0n) is 13.7. The number of ether oxygens (including phenoxy) is 1. The van der Waals surface area contributed by atoms with E-state index in [1.807, 2.05) is 22.6 Å². The standard InChI is InChI=1S/C16H23N5O2/c1-3-14-17-5-7-20(14)6-4-15(22)21-8-9-23-13(11-21)16-18-10-12(2)19-16/h5,7,10,13H,3-4,6,8-9,11H2,1-2H3,(H,18,19)/t13-/m0/s1. The van der Waals surface area contributed by atoms with Gasteiger partial charge in [0.05, 0.1) is 13.2 Å². The van der Waals surface area contributed by atoms with Crippen LogP contribution in [-0.4, -0.2) is 50.0 Å². The fourth-order valence-electron chi connectivity index (χ4n) is 2.87. The first kappa shape index (κ1) is 15.7. The van der Waals surface area contributed by atoms with Crippen LogP contribution in [0.25, 0.3) is 0 Å². The van der Waals surface area contributed by atoms with Gasteiger partial charge in [0, 0.05) is 50.2 Å². The molecule has 7 heteroatoms. The van der Waals surface area contributed by atoms with Gasteiger partial charge in [-0.15, -0.1) is 0 Å². The molecule has 124 valence electrons. The van der Waals surface area contributed by atoms with E-state index in [9.17, 15) is 4.79 Å². The monoisotopic (exact) mass is 317 g/mol. The van der Waals surface area contributed by atoms with Gasteiger partial charge in [-0.05, 0) is 6.92 Å². The minimum absolute atomic E-state index is 0.150. The van der Waals surface area contributed by atoms with Crippen molar-refractivity contribution >= 4 is 5.91 Å². The number of aromatic amines is 1. The number of imidazole rings is 2. The molecule has 23 heavy (non-hydrogen) atoms. The number of carbonyl (C=O) groups excluding carboxylic acids is 1. The van der Waals surface area contributed by atoms with Gasteiger partial charge in [0.15, 0.2) is 0 Å². The molecule has 0 spiro atoms. The number of morpholine rings is 1. The lowest BCUT2D eigenvalue weighted by Gasteiger charge is -2.32. The zero-order chi connectivity index (χ0) is 16.2. The largest absolute Gasteiger partial charge is 0.367 e. The molecular weight excluding hydrogens is 294 g/mol. The number of hydrogen-bond donors (Lipinski definition) is 1. The summed E-state index contributed by atoms with van der Waals surface area (Å²) in [6, 6.07) is 0. The van der Waals surface area contributed by atoms with Gasteiger partial charge in [-0.3, -0.25) is 4.79 Å². The first-order chi connectivity index (χ1) is 11.2. The zero-order valence-corrected chi connectivity index (χ0v) is 13.7. The number of aryl methyl sites for hydroxylation is 3. The van der Waals surface area contributed by atoms with Crippen LogP contribution in [0.1, 0.15) is 36.8 Å². The molecule has 1 amide bonds. The van der Waals surface area contributed by atoms with Crippen molar-refractivity contribution in [1.29, 1.82) is 0 Å². The summed E-state index contributed by atoms with van der Waals surface area (Å²) in [6.07, 6.45) is 6.69. The summed E-state index contributed by atoms with van der Waals surface area (Å²) in [5.74, 6) is 1.96. The molecule has 0 aliphatic carbocycles. The molecule has 0 aromatic carbocycles. The normalized spacial score (nSPS) is 18.3. The van der Waals surface area contributed by atoms with Crippen LogP contribution in [0.5, 0.6) is 0 Å². The molecule has 1 saturated heterocycles. The summed E-state index contributed by atoms with van der Waals surface area (Å²) < 4.78 is 7.79. The van der Waals surface area contributed by atoms with E-state index >= 15 is 0 Å². The number of rotatable bonds is 5. The molecule has 3 rings (SSSR count). The van der Waals surface area contributed by atoms with Crippen LogP contribution in [0.4, 0.5) is 0 Å². The minimum atomic E-state index is -0.166. The Morgan fingerprint density at radius 1 is 1.48 bits per heavy atom. The highest BCUT2D eigenvalue weighted by atomic mass is 16.5. The highest BCUT2D eigenvalue weighted by Crippen LogP contribution is 2.20. The van der Waals surface area contributed by atoms with Gasteiger partial charge >= 0.3 is 0 Å². The average Bonchev–Trinajstić information content (AvgIpc) is 3.21. The third kappa shape index (κ3) is 3.61. The summed E-state index contributed by atoms with van der Waals surface area (Å²) in [6.45, 7) is 6.43. The summed E-state index contributed by atoms with van der Waals surface area (Å²) in [5.41, 5.74) is 0.999. The van der Waals surface area contributed by atoms with Crippen LogP contribution in [0.15, 0.2) is 18.6 Å². The fraction of sp³-hybridized carbons (Fsp3) is 0.562. The molecule has 0 saturated carbocycles. The Kier molecular flexibility index (Phi) is 4.76. The SMILES string of the molecule is CCc1nccn1CCC(=O)N1CCO[C@H](c2ncc(C)[nH]2)C1. The maximum Gasteiger partial charge on any atom is 0.224 e. The molecule has 2 aromatic heterocycles. The van der Waals surface area contributed by atoms with Gasteiger partial charge < -0.3 is 19.2 Å². The third-order valence-corrected chi connectivity index (χ3v) is 4.13. The number of carbonyl (C=O) groups is 1. The first-order valence-electron chi connectivity index (χ1n) is 8.08. The van der Waals surface area contributed by atoms with Crippen molar-refractivity contribution in [3.05, 3.63) is 35.9 Å². The van der Waals surface area contributed by atoms with Crippen LogP contribution in [-0.2, 0) is 22.5 Å². The lowest BCUT2D eigenvalue weighted by atomic mass is 10.2. The van der Waals surface area contributed by atoms with Gasteiger partial charge in [0.2, 0.25) is 5.91 Å². The van der Waals surface area contributed by atoms with E-state index in [0.717, 1.165) is 23.8 Å². The van der Waals surface area contributed by atoms with Crippen molar-refractivity contribution in [2.75, 3.05) is 19.7 Å². The van der Waals surface area contributed by atoms with Crippen LogP contribution >= 0.6 is 0 Å². The molecule has 1 aliphatic heterocycles. The van der Waals surface area contributed by atoms with Crippen molar-refractivity contribution in [1.82, 2.24) is 24.4 Å². The maximum atomic E-state index is 12.5. The number of amides is 1. The lowest BCUT2D eigenvalue weighted by molar-refractivity contribution is -0.139. The molecular formula is C16H23N5O2. The summed E-state index contributed by atoms with van der Waals surface area (Å²) in [7, 11) is 0. The predicted molar refractivity (Wildman–Crippen MR) is 84.8 cm³/mol. The molecule has 1 N–H and O–H groups in total. The second-order valence-corrected chi connectivity index (χ2v) is 5.79. The van der Waals surface area contributed by atoms with E-state index < -0.39 is 0 Å². The van der Waals surface area contributed by atoms with E-state index in [0.29, 0.717) is 32.7 Å². The topological polar surface area (TPSA) is 76.0 Å². The van der Waals surface area contributed by atoms with Crippen LogP contribution in [0.3, 0.4) is 0 Å². The van der Waals surface area contributed by atoms with E-state index in [1.165, 1.54) is 0 Å². The van der Waals surface area contributed by atoms with Crippen molar-refractivity contribution in [3.63, 3.8) is 0 Å². The molecule has 7 nitrogen and oxygen atoms in total. The average molecular weight is 317 g/mol. The maximum absolute atomic E-state index is 12.5. The quantitative estimate of drug-likeness (QED) is 0.906. The van der Waals surface area contributed by atoms with E-state index in [4.69, 9.17) is 4.74 Å². The Hall–Kier alpha value is -2.15. The fourth-order valence-corrected chi connectivity index (χ4v) is 2.87. The predicted octanol–water partition coefficient (Wildman–Crippen LogP) is 1.47. The molecule has 1 atom stereocenters. The molecule has 3 heterocycles. The number of nitrogens with zero attached hydrogens (tertiary/aromatic N) is 4. The van der Waals surface area contributed by atoms with Gasteiger partial charge in [0.1, 0.15) is 17.8 Å². The summed E-state index contributed by atoms with van der Waals surface area (Å²) in [4.78, 5) is 26.1. The van der Waals surface area contributed by atoms with Crippen molar-refractivity contribution in [2.45, 2.75) is 39.3 Å². The highest BCUT2D eigenvalue weighted by molar-refractivity contribution is 5.76. The second-order valence-electron chi connectivity index (χ2n) is 5.79. The Bertz CT molecular complexity index is 663. The Morgan fingerprint density at radius 3 is 3.09 bits per heavy atom. The molecule has 2 aromatic rings. The van der Waals surface area contributed by atoms with Crippen molar-refractivity contribution in [2.24, 2.45) is 0 Å². The molecule has 1 fully saturated rings. The van der Waals surface area contributed by atoms with Crippen LogP contribution in [0.2, 0.25) is 0 Å². The van der Waals surface area contributed by atoms with Crippen LogP contribution < -0.4 is 0 Å². The Morgan fingerprint density at radius 2 is 2.35 bits per heavy atom. The van der Waals surface area contributed by atoms with Gasteiger partial charge in [-0.2, -0.15) is 0 Å². The molecule has 0 unspecified atom stereocenters. The number of aromatic nitrogens is 4. The summed E-state index contributed by atoms with van der Waals surface area (Å²) >= 11 is 0. The number of H-pyrrole nitrogens is 1. The Labute approximate surface area is 135 Å². The molecule has 0 radical (unpaired) electrons. The first-order valence-corrected chi connectivity index (χ1v) is 8.08. The van der Waals surface area contributed by atoms with E-state index in [-0.39, 0.29) is 12.0 Å². The van der Waals surface area contributed by atoms with Gasteiger partial charge in [0.25, 0.3) is 0 Å². The lowest BCUT2D eigenvalue weighted by Crippen LogP contribution is -2.42. The van der Waals surface area contributed by atoms with Crippen molar-refractivity contribution < 1.29 is 9.53 Å². The highest BCUT2D eigenvalue weighted by Gasteiger charge is 2.26. The number of hydrogen-bond acceptors (Lipinski definition) is 4. The van der Waals surface area contributed by atoms with E-state index in [1.54, 1.807) is 12.4 Å². The summed E-state index contributed by atoms with van der Waals surface area (Å²) in [5, 5.41) is 0. The molecule has 1 aliphatic rings. The number of nitrogens with one attached hydrogen (secondary N) is 1. The van der Waals surface area contributed by atoms with E-state index in [2.05, 4.69) is 21.9 Å². The third-order valence-electron chi connectivity index (χ3n) is 4.13. The minimum Gasteiger partial charge on any atom is -0.367 e. The molecule has 0 bridgehead atoms. The second kappa shape index (κ2) is 6.95. The smallest absolute Gasteiger partial charge is 0.224 e. The van der Waals surface area contributed by atoms with Crippen LogP contribution in [0, 0.1) is 6.92 Å².